The van der Waals surface area contributed by atoms with Crippen molar-refractivity contribution in [3.8, 4) is 11.5 Å². The highest BCUT2D eigenvalue weighted by Crippen LogP contribution is 2.38. The number of ether oxygens (including phenoxy) is 2. The maximum absolute atomic E-state index is 12.9. The first-order chi connectivity index (χ1) is 17.5. The summed E-state index contributed by atoms with van der Waals surface area (Å²) in [5.74, 6) is 0.424. The predicted octanol–water partition coefficient (Wildman–Crippen LogP) is 6.57. The molecule has 1 aliphatic heterocycles. The molecule has 180 valence electrons. The van der Waals surface area contributed by atoms with Gasteiger partial charge in [0.25, 0.3) is 5.91 Å². The molecule has 0 aliphatic carbocycles. The lowest BCUT2D eigenvalue weighted by Crippen LogP contribution is -2.30. The molecule has 0 unspecified atom stereocenters. The molecular formula is C29H23ClN2O4. The van der Waals surface area contributed by atoms with E-state index in [-0.39, 0.29) is 5.70 Å². The van der Waals surface area contributed by atoms with E-state index in [2.05, 4.69) is 29.6 Å². The van der Waals surface area contributed by atoms with E-state index in [1.54, 1.807) is 42.5 Å². The van der Waals surface area contributed by atoms with Crippen molar-refractivity contribution in [2.24, 2.45) is 0 Å². The highest BCUT2D eigenvalue weighted by atomic mass is 35.5. The Balaban J connectivity index is 1.40. The standard InChI is InChI=1S/C29H23ClN2O4/c1-2-35-26-17-20(16-25-28(33)32(29(34)31-25)23-10-4-3-5-11-23)15-24(30)27(26)36-18-19-12-13-21-8-6-7-9-22(21)14-19/h3-17H,2,18H2,1H3,(H,31,34)/b25-16+. The molecular weight excluding hydrogens is 476 g/mol. The number of fused-ring (bicyclic) bond motifs is 1. The van der Waals surface area contributed by atoms with Crippen LogP contribution in [0, 0.1) is 0 Å². The van der Waals surface area contributed by atoms with Gasteiger partial charge < -0.3 is 14.8 Å². The lowest BCUT2D eigenvalue weighted by Gasteiger charge is -2.15. The van der Waals surface area contributed by atoms with Crippen LogP contribution in [0.25, 0.3) is 16.8 Å². The maximum Gasteiger partial charge on any atom is 0.333 e. The Morgan fingerprint density at radius 3 is 2.42 bits per heavy atom. The zero-order valence-electron chi connectivity index (χ0n) is 19.5. The second-order valence-corrected chi connectivity index (χ2v) is 8.60. The normalized spacial score (nSPS) is 14.4. The van der Waals surface area contributed by atoms with Crippen LogP contribution in [0.15, 0.2) is 90.6 Å². The van der Waals surface area contributed by atoms with Crippen molar-refractivity contribution in [3.05, 3.63) is 107 Å². The third-order valence-corrected chi connectivity index (χ3v) is 6.01. The van der Waals surface area contributed by atoms with E-state index < -0.39 is 11.9 Å². The minimum Gasteiger partial charge on any atom is -0.490 e. The number of imide groups is 1. The second-order valence-electron chi connectivity index (χ2n) is 8.20. The van der Waals surface area contributed by atoms with Crippen LogP contribution < -0.4 is 19.7 Å². The summed E-state index contributed by atoms with van der Waals surface area (Å²) in [6, 6.07) is 25.9. The Kier molecular flexibility index (Phi) is 6.60. The molecule has 4 aromatic carbocycles. The molecule has 0 saturated carbocycles. The van der Waals surface area contributed by atoms with Crippen LogP contribution >= 0.6 is 11.6 Å². The molecule has 1 saturated heterocycles. The fourth-order valence-corrected chi connectivity index (χ4v) is 4.35. The molecule has 0 bridgehead atoms. The number of amides is 3. The van der Waals surface area contributed by atoms with Crippen molar-refractivity contribution >= 4 is 46.1 Å². The lowest BCUT2D eigenvalue weighted by molar-refractivity contribution is -0.113. The molecule has 0 aromatic heterocycles. The summed E-state index contributed by atoms with van der Waals surface area (Å²) in [6.07, 6.45) is 1.57. The molecule has 4 aromatic rings. The molecule has 0 spiro atoms. The summed E-state index contributed by atoms with van der Waals surface area (Å²) >= 11 is 6.59. The molecule has 36 heavy (non-hydrogen) atoms. The van der Waals surface area contributed by atoms with Crippen molar-refractivity contribution in [3.63, 3.8) is 0 Å². The molecule has 1 heterocycles. The minimum absolute atomic E-state index is 0.146. The SMILES string of the molecule is CCOc1cc(/C=C2/NC(=O)N(c3ccccc3)C2=O)cc(Cl)c1OCc1ccc2ccccc2c1. The van der Waals surface area contributed by atoms with E-state index in [9.17, 15) is 9.59 Å². The molecule has 6 nitrogen and oxygen atoms in total. The van der Waals surface area contributed by atoms with Gasteiger partial charge in [-0.05, 0) is 65.2 Å². The molecule has 7 heteroatoms. The Bertz CT molecular complexity index is 1480. The van der Waals surface area contributed by atoms with E-state index >= 15 is 0 Å². The largest absolute Gasteiger partial charge is 0.490 e. The summed E-state index contributed by atoms with van der Waals surface area (Å²) < 4.78 is 11.9. The Labute approximate surface area is 213 Å². The van der Waals surface area contributed by atoms with Gasteiger partial charge in [0.05, 0.1) is 17.3 Å². The van der Waals surface area contributed by atoms with E-state index in [0.29, 0.717) is 41.0 Å². The van der Waals surface area contributed by atoms with Gasteiger partial charge in [-0.15, -0.1) is 0 Å². The molecule has 1 fully saturated rings. The molecule has 1 aliphatic rings. The topological polar surface area (TPSA) is 67.9 Å². The number of hydrogen-bond donors (Lipinski definition) is 1. The van der Waals surface area contributed by atoms with Crippen molar-refractivity contribution in [2.45, 2.75) is 13.5 Å². The third kappa shape index (κ3) is 4.76. The quantitative estimate of drug-likeness (QED) is 0.231. The van der Waals surface area contributed by atoms with Gasteiger partial charge in [0, 0.05) is 0 Å². The molecule has 3 amide bonds. The van der Waals surface area contributed by atoms with E-state index in [1.807, 2.05) is 31.2 Å². The van der Waals surface area contributed by atoms with Crippen LogP contribution in [0.2, 0.25) is 5.02 Å². The van der Waals surface area contributed by atoms with Crippen LogP contribution in [-0.2, 0) is 11.4 Å². The van der Waals surface area contributed by atoms with Crippen LogP contribution in [0.1, 0.15) is 18.1 Å². The number of carbonyl (C=O) groups excluding carboxylic acids is 2. The van der Waals surface area contributed by atoms with Crippen LogP contribution in [0.5, 0.6) is 11.5 Å². The monoisotopic (exact) mass is 498 g/mol. The highest BCUT2D eigenvalue weighted by Gasteiger charge is 2.34. The Morgan fingerprint density at radius 2 is 1.64 bits per heavy atom. The van der Waals surface area contributed by atoms with Gasteiger partial charge >= 0.3 is 6.03 Å². The fraction of sp³-hybridized carbons (Fsp3) is 0.103. The number of nitrogens with zero attached hydrogens (tertiary/aromatic N) is 1. The van der Waals surface area contributed by atoms with E-state index in [1.165, 1.54) is 0 Å². The number of para-hydroxylation sites is 1. The van der Waals surface area contributed by atoms with Gasteiger partial charge in [0.15, 0.2) is 11.5 Å². The first kappa shape index (κ1) is 23.5. The van der Waals surface area contributed by atoms with Crippen molar-refractivity contribution in [1.29, 1.82) is 0 Å². The van der Waals surface area contributed by atoms with Gasteiger partial charge in [-0.2, -0.15) is 0 Å². The van der Waals surface area contributed by atoms with Crippen molar-refractivity contribution < 1.29 is 19.1 Å². The number of anilines is 1. The zero-order valence-corrected chi connectivity index (χ0v) is 20.3. The summed E-state index contributed by atoms with van der Waals surface area (Å²) in [5, 5.41) is 5.26. The number of hydrogen-bond acceptors (Lipinski definition) is 4. The van der Waals surface area contributed by atoms with Crippen molar-refractivity contribution in [2.75, 3.05) is 11.5 Å². The number of nitrogens with one attached hydrogen (secondary N) is 1. The molecule has 0 radical (unpaired) electrons. The summed E-state index contributed by atoms with van der Waals surface area (Å²) in [4.78, 5) is 26.5. The highest BCUT2D eigenvalue weighted by molar-refractivity contribution is 6.32. The Hall–Kier alpha value is -4.29. The zero-order chi connectivity index (χ0) is 25.1. The van der Waals surface area contributed by atoms with Crippen LogP contribution in [0.4, 0.5) is 10.5 Å². The number of urea groups is 1. The van der Waals surface area contributed by atoms with Gasteiger partial charge in [0.1, 0.15) is 12.3 Å². The van der Waals surface area contributed by atoms with Gasteiger partial charge in [-0.1, -0.05) is 66.2 Å². The smallest absolute Gasteiger partial charge is 0.333 e. The molecule has 1 N–H and O–H groups in total. The second kappa shape index (κ2) is 10.1. The van der Waals surface area contributed by atoms with Crippen LogP contribution in [-0.4, -0.2) is 18.5 Å². The van der Waals surface area contributed by atoms with Gasteiger partial charge in [-0.3, -0.25) is 4.79 Å². The number of benzene rings is 4. The maximum atomic E-state index is 12.9. The summed E-state index contributed by atoms with van der Waals surface area (Å²) in [5.41, 5.74) is 2.24. The summed E-state index contributed by atoms with van der Waals surface area (Å²) in [7, 11) is 0. The predicted molar refractivity (Wildman–Crippen MR) is 141 cm³/mol. The molecule has 0 atom stereocenters. The minimum atomic E-state index is -0.510. The lowest BCUT2D eigenvalue weighted by atomic mass is 10.1. The van der Waals surface area contributed by atoms with E-state index in [0.717, 1.165) is 21.2 Å². The van der Waals surface area contributed by atoms with Gasteiger partial charge in [-0.25, -0.2) is 9.69 Å². The number of halogens is 1. The van der Waals surface area contributed by atoms with E-state index in [4.69, 9.17) is 21.1 Å². The van der Waals surface area contributed by atoms with Crippen LogP contribution in [0.3, 0.4) is 0 Å². The van der Waals surface area contributed by atoms with Crippen molar-refractivity contribution in [1.82, 2.24) is 5.32 Å². The van der Waals surface area contributed by atoms with Gasteiger partial charge in [0.2, 0.25) is 0 Å². The third-order valence-electron chi connectivity index (χ3n) is 5.73. The average molecular weight is 499 g/mol. The fourth-order valence-electron chi connectivity index (χ4n) is 4.07. The molecule has 5 rings (SSSR count). The number of rotatable bonds is 7. The average Bonchev–Trinajstić information content (AvgIpc) is 3.16. The Morgan fingerprint density at radius 1 is 0.889 bits per heavy atom. The first-order valence-corrected chi connectivity index (χ1v) is 11.9. The first-order valence-electron chi connectivity index (χ1n) is 11.5. The number of carbonyl (C=O) groups is 2. The summed E-state index contributed by atoms with van der Waals surface area (Å²) in [6.45, 7) is 2.58.